The highest BCUT2D eigenvalue weighted by atomic mass is 16.6. The van der Waals surface area contributed by atoms with Crippen molar-refractivity contribution in [3.63, 3.8) is 0 Å². The monoisotopic (exact) mass is 520 g/mol. The average molecular weight is 521 g/mol. The summed E-state index contributed by atoms with van der Waals surface area (Å²) < 4.78 is 5.77. The maximum absolute atomic E-state index is 13.5. The lowest BCUT2D eigenvalue weighted by Gasteiger charge is -2.24. The molecule has 1 aromatic heterocycles. The zero-order valence-electron chi connectivity index (χ0n) is 21.4. The number of carbonyl (C=O) groups excluding carboxylic acids is 3. The first kappa shape index (κ1) is 25.7. The molecule has 3 aromatic carbocycles. The Morgan fingerprint density at radius 3 is 2.41 bits per heavy atom. The van der Waals surface area contributed by atoms with E-state index in [2.05, 4.69) is 15.6 Å². The van der Waals surface area contributed by atoms with Crippen LogP contribution in [0.1, 0.15) is 38.7 Å². The molecule has 196 valence electrons. The Labute approximate surface area is 226 Å². The number of anilines is 1. The molecule has 0 radical (unpaired) electrons. The number of rotatable bonds is 8. The average Bonchev–Trinajstić information content (AvgIpc) is 3.28. The van der Waals surface area contributed by atoms with Crippen LogP contribution in [-0.2, 0) is 22.6 Å². The summed E-state index contributed by atoms with van der Waals surface area (Å²) in [5.41, 5.74) is 4.57. The zero-order valence-corrected chi connectivity index (χ0v) is 21.4. The van der Waals surface area contributed by atoms with E-state index in [4.69, 9.17) is 4.74 Å². The number of hydrogen-bond acceptors (Lipinski definition) is 5. The highest BCUT2D eigenvalue weighted by molar-refractivity contribution is 6.04. The van der Waals surface area contributed by atoms with Gasteiger partial charge in [-0.15, -0.1) is 0 Å². The molecule has 0 saturated carbocycles. The molecule has 39 heavy (non-hydrogen) atoms. The van der Waals surface area contributed by atoms with Gasteiger partial charge in [-0.25, -0.2) is 4.79 Å². The first-order chi connectivity index (χ1) is 19.0. The lowest BCUT2D eigenvalue weighted by molar-refractivity contribution is -0.126. The second-order valence-electron chi connectivity index (χ2n) is 9.39. The van der Waals surface area contributed by atoms with Gasteiger partial charge in [-0.1, -0.05) is 72.3 Å². The van der Waals surface area contributed by atoms with Crippen LogP contribution < -0.4 is 10.6 Å². The summed E-state index contributed by atoms with van der Waals surface area (Å²) in [5, 5.41) is 5.80. The molecule has 2 unspecified atom stereocenters. The van der Waals surface area contributed by atoms with Gasteiger partial charge in [0.1, 0.15) is 0 Å². The van der Waals surface area contributed by atoms with E-state index in [9.17, 15) is 14.4 Å². The molecule has 1 aliphatic heterocycles. The molecule has 2 heterocycles. The van der Waals surface area contributed by atoms with Gasteiger partial charge in [0.25, 0.3) is 5.91 Å². The fourth-order valence-corrected chi connectivity index (χ4v) is 4.56. The molecule has 5 rings (SSSR count). The van der Waals surface area contributed by atoms with Crippen molar-refractivity contribution in [2.24, 2.45) is 0 Å². The van der Waals surface area contributed by atoms with Crippen molar-refractivity contribution in [2.75, 3.05) is 5.32 Å². The van der Waals surface area contributed by atoms with Crippen LogP contribution in [0.5, 0.6) is 0 Å². The van der Waals surface area contributed by atoms with Crippen LogP contribution in [-0.4, -0.2) is 33.8 Å². The van der Waals surface area contributed by atoms with Crippen molar-refractivity contribution >= 4 is 23.6 Å². The van der Waals surface area contributed by atoms with Crippen molar-refractivity contribution < 1.29 is 19.1 Å². The van der Waals surface area contributed by atoms with Gasteiger partial charge in [0.15, 0.2) is 12.1 Å². The standard InChI is InChI=1S/C31H28N4O4/c1-21-7-5-10-23(17-21)20-35-27(30(37)33-18-22-8-3-2-4-9-22)28(39-31(35)38)24-12-14-26(15-13-24)34-29(36)25-11-6-16-32-19-25/h2-17,19,27-28H,18,20H2,1H3,(H,33,37)(H,34,36). The second kappa shape index (κ2) is 11.6. The quantitative estimate of drug-likeness (QED) is 0.340. The van der Waals surface area contributed by atoms with Crippen LogP contribution in [0.25, 0.3) is 0 Å². The third-order valence-electron chi connectivity index (χ3n) is 6.52. The SMILES string of the molecule is Cc1cccc(CN2C(=O)OC(c3ccc(NC(=O)c4cccnc4)cc3)C2C(=O)NCc2ccccc2)c1. The van der Waals surface area contributed by atoms with Gasteiger partial charge in [0, 0.05) is 24.6 Å². The van der Waals surface area contributed by atoms with Gasteiger partial charge in [0.05, 0.1) is 12.1 Å². The van der Waals surface area contributed by atoms with Crippen LogP contribution in [0.3, 0.4) is 0 Å². The first-order valence-corrected chi connectivity index (χ1v) is 12.6. The van der Waals surface area contributed by atoms with Crippen molar-refractivity contribution in [2.45, 2.75) is 32.2 Å². The Hall–Kier alpha value is -4.98. The van der Waals surface area contributed by atoms with Gasteiger partial charge < -0.3 is 15.4 Å². The van der Waals surface area contributed by atoms with E-state index in [1.807, 2.05) is 61.5 Å². The number of ether oxygens (including phenoxy) is 1. The highest BCUT2D eigenvalue weighted by Gasteiger charge is 2.46. The van der Waals surface area contributed by atoms with E-state index in [1.54, 1.807) is 42.6 Å². The van der Waals surface area contributed by atoms with Crippen molar-refractivity contribution in [3.05, 3.63) is 131 Å². The lowest BCUT2D eigenvalue weighted by Crippen LogP contribution is -2.46. The topological polar surface area (TPSA) is 101 Å². The van der Waals surface area contributed by atoms with Gasteiger partial charge in [-0.2, -0.15) is 0 Å². The number of aryl methyl sites for hydroxylation is 1. The van der Waals surface area contributed by atoms with E-state index in [0.29, 0.717) is 23.4 Å². The van der Waals surface area contributed by atoms with Crippen molar-refractivity contribution in [1.82, 2.24) is 15.2 Å². The summed E-state index contributed by atoms with van der Waals surface area (Å²) in [6.07, 6.45) is 1.71. The molecule has 3 amide bonds. The van der Waals surface area contributed by atoms with Gasteiger partial charge in [-0.05, 0) is 47.9 Å². The smallest absolute Gasteiger partial charge is 0.411 e. The normalized spacial score (nSPS) is 16.4. The number of nitrogens with one attached hydrogen (secondary N) is 2. The summed E-state index contributed by atoms with van der Waals surface area (Å²) in [6.45, 7) is 2.54. The van der Waals surface area contributed by atoms with Crippen molar-refractivity contribution in [1.29, 1.82) is 0 Å². The van der Waals surface area contributed by atoms with E-state index in [-0.39, 0.29) is 18.4 Å². The number of pyridine rings is 1. The largest absolute Gasteiger partial charge is 0.438 e. The number of carbonyl (C=O) groups is 3. The Kier molecular flexibility index (Phi) is 7.63. The molecular weight excluding hydrogens is 492 g/mol. The fraction of sp³-hybridized carbons (Fsp3) is 0.161. The molecule has 1 aliphatic rings. The molecule has 4 aromatic rings. The van der Waals surface area contributed by atoms with Gasteiger partial charge >= 0.3 is 6.09 Å². The third kappa shape index (κ3) is 6.13. The van der Waals surface area contributed by atoms with Gasteiger partial charge in [0.2, 0.25) is 5.91 Å². The zero-order chi connectivity index (χ0) is 27.2. The number of nitrogens with zero attached hydrogens (tertiary/aromatic N) is 2. The van der Waals surface area contributed by atoms with E-state index >= 15 is 0 Å². The Bertz CT molecular complexity index is 1460. The van der Waals surface area contributed by atoms with Crippen molar-refractivity contribution in [3.8, 4) is 0 Å². The van der Waals surface area contributed by atoms with Gasteiger partial charge in [-0.3, -0.25) is 19.5 Å². The minimum Gasteiger partial charge on any atom is -0.438 e. The molecule has 2 atom stereocenters. The van der Waals surface area contributed by atoms with Crippen LogP contribution >= 0.6 is 0 Å². The molecule has 8 nitrogen and oxygen atoms in total. The first-order valence-electron chi connectivity index (χ1n) is 12.6. The molecular formula is C31H28N4O4. The van der Waals surface area contributed by atoms with E-state index in [0.717, 1.165) is 16.7 Å². The number of amides is 3. The number of benzene rings is 3. The lowest BCUT2D eigenvalue weighted by atomic mass is 10.00. The highest BCUT2D eigenvalue weighted by Crippen LogP contribution is 2.34. The maximum atomic E-state index is 13.5. The fourth-order valence-electron chi connectivity index (χ4n) is 4.56. The molecule has 2 N–H and O–H groups in total. The number of aromatic nitrogens is 1. The third-order valence-corrected chi connectivity index (χ3v) is 6.52. The van der Waals surface area contributed by atoms with Crippen LogP contribution in [0.2, 0.25) is 0 Å². The van der Waals surface area contributed by atoms with Crippen LogP contribution in [0.4, 0.5) is 10.5 Å². The predicted octanol–water partition coefficient (Wildman–Crippen LogP) is 5.02. The van der Waals surface area contributed by atoms with E-state index in [1.165, 1.54) is 11.1 Å². The number of cyclic esters (lactones) is 1. The maximum Gasteiger partial charge on any atom is 0.411 e. The minimum absolute atomic E-state index is 0.236. The summed E-state index contributed by atoms with van der Waals surface area (Å²) in [6, 6.07) is 26.8. The molecule has 0 bridgehead atoms. The molecule has 1 fully saturated rings. The minimum atomic E-state index is -0.877. The molecule has 8 heteroatoms. The van der Waals surface area contributed by atoms with Crippen LogP contribution in [0, 0.1) is 6.92 Å². The Balaban J connectivity index is 1.37. The molecule has 0 aliphatic carbocycles. The summed E-state index contributed by atoms with van der Waals surface area (Å²) in [5.74, 6) is -0.595. The summed E-state index contributed by atoms with van der Waals surface area (Å²) >= 11 is 0. The molecule has 0 spiro atoms. The second-order valence-corrected chi connectivity index (χ2v) is 9.39. The number of hydrogen-bond donors (Lipinski definition) is 2. The Morgan fingerprint density at radius 2 is 1.69 bits per heavy atom. The molecule has 1 saturated heterocycles. The van der Waals surface area contributed by atoms with E-state index < -0.39 is 18.2 Å². The summed E-state index contributed by atoms with van der Waals surface area (Å²) in [7, 11) is 0. The predicted molar refractivity (Wildman–Crippen MR) is 147 cm³/mol. The Morgan fingerprint density at radius 1 is 0.923 bits per heavy atom. The van der Waals surface area contributed by atoms with Crippen LogP contribution in [0.15, 0.2) is 103 Å². The summed E-state index contributed by atoms with van der Waals surface area (Å²) in [4.78, 5) is 44.5.